The largest absolute Gasteiger partial charge is 0.451 e. The molecule has 1 N–H and O–H groups in total. The zero-order valence-corrected chi connectivity index (χ0v) is 14.2. The van der Waals surface area contributed by atoms with Crippen molar-refractivity contribution in [3.05, 3.63) is 12.2 Å². The number of hydrogen-bond acceptors (Lipinski definition) is 6. The molecular formula is C15H21F3N6O. The molecule has 1 saturated heterocycles. The van der Waals surface area contributed by atoms with Crippen molar-refractivity contribution in [2.24, 2.45) is 0 Å². The van der Waals surface area contributed by atoms with E-state index < -0.39 is 12.0 Å². The highest BCUT2D eigenvalue weighted by molar-refractivity contribution is 5.83. The molecule has 0 bridgehead atoms. The lowest BCUT2D eigenvalue weighted by Crippen LogP contribution is -2.54. The van der Waals surface area contributed by atoms with Crippen LogP contribution >= 0.6 is 0 Å². The SMILES string of the molecule is CCC1CN(c2nc(C(F)(F)F)nc3nc[nH]c23)CCN1CCOC. The number of alkyl halides is 3. The molecule has 1 atom stereocenters. The number of methoxy groups -OCH3 is 1. The number of fused-ring (bicyclic) bond motifs is 1. The van der Waals surface area contributed by atoms with E-state index in [1.807, 2.05) is 4.90 Å². The minimum absolute atomic E-state index is 0.0344. The van der Waals surface area contributed by atoms with Gasteiger partial charge in [0.1, 0.15) is 5.52 Å². The third-order valence-electron chi connectivity index (χ3n) is 4.48. The molecule has 1 aliphatic heterocycles. The lowest BCUT2D eigenvalue weighted by molar-refractivity contribution is -0.144. The molecule has 2 aromatic heterocycles. The topological polar surface area (TPSA) is 70.2 Å². The van der Waals surface area contributed by atoms with Crippen LogP contribution in [0, 0.1) is 0 Å². The maximum absolute atomic E-state index is 13.1. The van der Waals surface area contributed by atoms with Gasteiger partial charge in [-0.1, -0.05) is 6.92 Å². The van der Waals surface area contributed by atoms with Crippen LogP contribution in [0.1, 0.15) is 19.2 Å². The number of ether oxygens (including phenoxy) is 1. The number of nitrogens with zero attached hydrogens (tertiary/aromatic N) is 5. The van der Waals surface area contributed by atoms with Gasteiger partial charge in [0.25, 0.3) is 0 Å². The van der Waals surface area contributed by atoms with Crippen LogP contribution in [0.25, 0.3) is 11.2 Å². The van der Waals surface area contributed by atoms with E-state index in [2.05, 4.69) is 31.8 Å². The first-order valence-corrected chi connectivity index (χ1v) is 8.20. The molecule has 10 heteroatoms. The molecule has 138 valence electrons. The molecule has 25 heavy (non-hydrogen) atoms. The second-order valence-corrected chi connectivity index (χ2v) is 6.01. The Balaban J connectivity index is 1.90. The van der Waals surface area contributed by atoms with Crippen molar-refractivity contribution >= 4 is 17.0 Å². The van der Waals surface area contributed by atoms with E-state index >= 15 is 0 Å². The first-order chi connectivity index (χ1) is 11.9. The molecule has 1 fully saturated rings. The van der Waals surface area contributed by atoms with Crippen LogP contribution in [0.2, 0.25) is 0 Å². The second-order valence-electron chi connectivity index (χ2n) is 6.01. The molecule has 0 aromatic carbocycles. The van der Waals surface area contributed by atoms with Gasteiger partial charge >= 0.3 is 6.18 Å². The number of anilines is 1. The Morgan fingerprint density at radius 3 is 2.80 bits per heavy atom. The summed E-state index contributed by atoms with van der Waals surface area (Å²) in [6, 6.07) is 0.228. The highest BCUT2D eigenvalue weighted by Gasteiger charge is 2.37. The number of piperazine rings is 1. The van der Waals surface area contributed by atoms with Crippen molar-refractivity contribution < 1.29 is 17.9 Å². The van der Waals surface area contributed by atoms with Crippen molar-refractivity contribution in [1.29, 1.82) is 0 Å². The molecular weight excluding hydrogens is 337 g/mol. The van der Waals surface area contributed by atoms with Gasteiger partial charge in [-0.25, -0.2) is 15.0 Å². The fourth-order valence-corrected chi connectivity index (χ4v) is 3.15. The highest BCUT2D eigenvalue weighted by Crippen LogP contribution is 2.31. The number of nitrogens with one attached hydrogen (secondary N) is 1. The molecule has 3 rings (SSSR count). The van der Waals surface area contributed by atoms with Gasteiger partial charge in [0.2, 0.25) is 5.82 Å². The average molecular weight is 358 g/mol. The summed E-state index contributed by atoms with van der Waals surface area (Å²) in [5.74, 6) is -0.892. The normalized spacial score (nSPS) is 19.7. The van der Waals surface area contributed by atoms with Crippen LogP contribution < -0.4 is 4.90 Å². The Bertz CT molecular complexity index is 719. The summed E-state index contributed by atoms with van der Waals surface area (Å²) >= 11 is 0. The molecule has 7 nitrogen and oxygen atoms in total. The molecule has 0 spiro atoms. The third-order valence-corrected chi connectivity index (χ3v) is 4.48. The lowest BCUT2D eigenvalue weighted by Gasteiger charge is -2.41. The average Bonchev–Trinajstić information content (AvgIpc) is 3.06. The monoisotopic (exact) mass is 358 g/mol. The number of halogens is 3. The predicted molar refractivity (Wildman–Crippen MR) is 86.4 cm³/mol. The van der Waals surface area contributed by atoms with E-state index in [0.717, 1.165) is 19.5 Å². The van der Waals surface area contributed by atoms with Gasteiger partial charge < -0.3 is 14.6 Å². The van der Waals surface area contributed by atoms with Crippen LogP contribution in [0.5, 0.6) is 0 Å². The summed E-state index contributed by atoms with van der Waals surface area (Å²) in [7, 11) is 1.66. The van der Waals surface area contributed by atoms with E-state index in [4.69, 9.17) is 4.74 Å². The molecule has 0 amide bonds. The van der Waals surface area contributed by atoms with Gasteiger partial charge in [-0.15, -0.1) is 0 Å². The number of aromatic amines is 1. The number of aromatic nitrogens is 4. The summed E-state index contributed by atoms with van der Waals surface area (Å²) in [5.41, 5.74) is 0.473. The number of hydrogen-bond donors (Lipinski definition) is 1. The molecule has 0 aliphatic carbocycles. The van der Waals surface area contributed by atoms with Crippen LogP contribution in [0.15, 0.2) is 6.33 Å². The zero-order chi connectivity index (χ0) is 18.0. The predicted octanol–water partition coefficient (Wildman–Crippen LogP) is 1.92. The molecule has 0 radical (unpaired) electrons. The standard InChI is InChI=1S/C15H21F3N6O/c1-3-10-8-24(5-4-23(10)6-7-25-2)13-11-12(20-9-19-11)21-14(22-13)15(16,17)18/h9-10H,3-8H2,1-2H3,(H,19,20,21,22). The Morgan fingerprint density at radius 1 is 1.32 bits per heavy atom. The van der Waals surface area contributed by atoms with Crippen molar-refractivity contribution in [2.75, 3.05) is 44.8 Å². The van der Waals surface area contributed by atoms with Crippen LogP contribution in [0.3, 0.4) is 0 Å². The first-order valence-electron chi connectivity index (χ1n) is 8.20. The number of imidazole rings is 1. The second kappa shape index (κ2) is 7.12. The molecule has 1 aliphatic rings. The summed E-state index contributed by atoms with van der Waals surface area (Å²) in [6.07, 6.45) is -2.37. The first kappa shape index (κ1) is 17.9. The highest BCUT2D eigenvalue weighted by atomic mass is 19.4. The molecule has 0 saturated carbocycles. The Labute approximate surface area is 143 Å². The summed E-state index contributed by atoms with van der Waals surface area (Å²) in [4.78, 5) is 18.3. The summed E-state index contributed by atoms with van der Waals surface area (Å²) in [6.45, 7) is 5.43. The van der Waals surface area contributed by atoms with E-state index in [0.29, 0.717) is 25.2 Å². The lowest BCUT2D eigenvalue weighted by atomic mass is 10.1. The van der Waals surface area contributed by atoms with E-state index in [1.165, 1.54) is 6.33 Å². The fourth-order valence-electron chi connectivity index (χ4n) is 3.15. The smallest absolute Gasteiger partial charge is 0.383 e. The van der Waals surface area contributed by atoms with Crippen molar-refractivity contribution in [1.82, 2.24) is 24.8 Å². The minimum Gasteiger partial charge on any atom is -0.383 e. The Hall–Kier alpha value is -1.94. The van der Waals surface area contributed by atoms with Crippen molar-refractivity contribution in [2.45, 2.75) is 25.6 Å². The van der Waals surface area contributed by atoms with Crippen LogP contribution in [-0.4, -0.2) is 70.8 Å². The van der Waals surface area contributed by atoms with Gasteiger partial charge in [-0.2, -0.15) is 13.2 Å². The van der Waals surface area contributed by atoms with Gasteiger partial charge in [-0.05, 0) is 6.42 Å². The maximum atomic E-state index is 13.1. The molecule has 2 aromatic rings. The quantitative estimate of drug-likeness (QED) is 0.881. The fraction of sp³-hybridized carbons (Fsp3) is 0.667. The van der Waals surface area contributed by atoms with E-state index in [9.17, 15) is 13.2 Å². The van der Waals surface area contributed by atoms with Crippen LogP contribution in [-0.2, 0) is 10.9 Å². The molecule has 1 unspecified atom stereocenters. The van der Waals surface area contributed by atoms with Crippen molar-refractivity contribution in [3.8, 4) is 0 Å². The van der Waals surface area contributed by atoms with Gasteiger partial charge in [-0.3, -0.25) is 4.90 Å². The summed E-state index contributed by atoms with van der Waals surface area (Å²) in [5, 5.41) is 0. The zero-order valence-electron chi connectivity index (χ0n) is 14.2. The molecule has 3 heterocycles. The van der Waals surface area contributed by atoms with Crippen molar-refractivity contribution in [3.63, 3.8) is 0 Å². The minimum atomic E-state index is -4.60. The van der Waals surface area contributed by atoms with Gasteiger partial charge in [0, 0.05) is 39.3 Å². The maximum Gasteiger partial charge on any atom is 0.451 e. The third kappa shape index (κ3) is 3.69. The van der Waals surface area contributed by atoms with Crippen LogP contribution in [0.4, 0.5) is 19.0 Å². The number of H-pyrrole nitrogens is 1. The van der Waals surface area contributed by atoms with Gasteiger partial charge in [0.05, 0.1) is 12.9 Å². The number of rotatable bonds is 5. The van der Waals surface area contributed by atoms with Gasteiger partial charge in [0.15, 0.2) is 11.5 Å². The summed E-state index contributed by atoms with van der Waals surface area (Å²) < 4.78 is 44.5. The van der Waals surface area contributed by atoms with E-state index in [-0.39, 0.29) is 17.5 Å². The Morgan fingerprint density at radius 2 is 2.12 bits per heavy atom. The Kier molecular flexibility index (Phi) is 5.09. The van der Waals surface area contributed by atoms with E-state index in [1.54, 1.807) is 7.11 Å².